The lowest BCUT2D eigenvalue weighted by Crippen LogP contribution is -2.10. The third-order valence-electron chi connectivity index (χ3n) is 2.56. The van der Waals surface area contributed by atoms with Crippen LogP contribution in [0, 0.1) is 0 Å². The van der Waals surface area contributed by atoms with E-state index in [1.165, 1.54) is 24.3 Å². The Balaban J connectivity index is 1.92. The van der Waals surface area contributed by atoms with Crippen LogP contribution in [0.25, 0.3) is 0 Å². The maximum absolute atomic E-state index is 10.9. The van der Waals surface area contributed by atoms with Gasteiger partial charge in [-0.05, 0) is 18.2 Å². The number of ether oxygens (including phenoxy) is 1. The van der Waals surface area contributed by atoms with Crippen molar-refractivity contribution in [1.29, 1.82) is 0 Å². The van der Waals surface area contributed by atoms with E-state index in [0.717, 1.165) is 0 Å². The lowest BCUT2D eigenvalue weighted by molar-refractivity contribution is 0.0696. The molecule has 0 spiro atoms. The molecule has 19 heavy (non-hydrogen) atoms. The molecule has 5 nitrogen and oxygen atoms in total. The van der Waals surface area contributed by atoms with Crippen LogP contribution in [0.3, 0.4) is 0 Å². The molecular weight excluding hydrogens is 246 g/mol. The summed E-state index contributed by atoms with van der Waals surface area (Å²) < 4.78 is 7.29. The average Bonchev–Trinajstić information content (AvgIpc) is 2.41. The predicted octanol–water partition coefficient (Wildman–Crippen LogP) is 1.63. The molecule has 0 amide bonds. The van der Waals surface area contributed by atoms with Gasteiger partial charge >= 0.3 is 5.97 Å². The number of nitrogens with zero attached hydrogens (tertiary/aromatic N) is 1. The van der Waals surface area contributed by atoms with Gasteiger partial charge in [0.05, 0.1) is 12.1 Å². The summed E-state index contributed by atoms with van der Waals surface area (Å²) in [4.78, 5) is 21.7. The van der Waals surface area contributed by atoms with Crippen molar-refractivity contribution < 1.29 is 14.6 Å². The first-order valence-corrected chi connectivity index (χ1v) is 5.77. The van der Waals surface area contributed by atoms with Crippen LogP contribution in [0.1, 0.15) is 10.4 Å². The summed E-state index contributed by atoms with van der Waals surface area (Å²) >= 11 is 0. The third-order valence-corrected chi connectivity index (χ3v) is 2.56. The normalized spacial score (nSPS) is 10.1. The van der Waals surface area contributed by atoms with E-state index in [9.17, 15) is 9.59 Å². The average molecular weight is 259 g/mol. The second-order valence-corrected chi connectivity index (χ2v) is 3.95. The second kappa shape index (κ2) is 5.86. The van der Waals surface area contributed by atoms with Crippen molar-refractivity contribution >= 4 is 5.97 Å². The molecule has 0 aliphatic heterocycles. The van der Waals surface area contributed by atoms with Crippen LogP contribution >= 0.6 is 0 Å². The van der Waals surface area contributed by atoms with Gasteiger partial charge in [-0.3, -0.25) is 4.79 Å². The lowest BCUT2D eigenvalue weighted by Gasteiger charge is -2.08. The molecule has 2 rings (SSSR count). The Morgan fingerprint density at radius 1 is 1.21 bits per heavy atom. The molecule has 2 aromatic rings. The third kappa shape index (κ3) is 3.70. The predicted molar refractivity (Wildman–Crippen MR) is 69.6 cm³/mol. The second-order valence-electron chi connectivity index (χ2n) is 3.95. The minimum absolute atomic E-state index is 0.0358. The summed E-state index contributed by atoms with van der Waals surface area (Å²) in [5, 5.41) is 8.85. The highest BCUT2D eigenvalue weighted by atomic mass is 16.5. The number of carbonyl (C=O) groups is 1. The number of aromatic nitrogens is 1. The molecular formula is C14H13NO4. The molecule has 0 unspecified atom stereocenters. The van der Waals surface area contributed by atoms with E-state index in [2.05, 4.69) is 0 Å². The largest absolute Gasteiger partial charge is 0.492 e. The number of carboxylic acids is 1. The SMILES string of the molecule is O=C(O)c1cccc(OCCn2ccc(=O)cc2)c1. The summed E-state index contributed by atoms with van der Waals surface area (Å²) in [6, 6.07) is 9.29. The monoisotopic (exact) mass is 259 g/mol. The van der Waals surface area contributed by atoms with Gasteiger partial charge in [0, 0.05) is 24.5 Å². The Bertz CT molecular complexity index is 613. The standard InChI is InChI=1S/C14H13NO4/c16-12-4-6-15(7-5-12)8-9-19-13-3-1-2-11(10-13)14(17)18/h1-7,10H,8-9H2,(H,17,18). The van der Waals surface area contributed by atoms with Crippen LogP contribution in [0.15, 0.2) is 53.6 Å². The smallest absolute Gasteiger partial charge is 0.335 e. The van der Waals surface area contributed by atoms with Crippen LogP contribution in [-0.4, -0.2) is 22.2 Å². The molecule has 0 aliphatic carbocycles. The minimum Gasteiger partial charge on any atom is -0.492 e. The molecule has 0 aliphatic rings. The molecule has 1 N–H and O–H groups in total. The van der Waals surface area contributed by atoms with Gasteiger partial charge in [0.2, 0.25) is 0 Å². The van der Waals surface area contributed by atoms with Gasteiger partial charge in [-0.2, -0.15) is 0 Å². The van der Waals surface area contributed by atoms with Gasteiger partial charge in [-0.25, -0.2) is 4.79 Å². The summed E-state index contributed by atoms with van der Waals surface area (Å²) in [6.07, 6.45) is 3.36. The Morgan fingerprint density at radius 3 is 2.63 bits per heavy atom. The van der Waals surface area contributed by atoms with E-state index in [0.29, 0.717) is 18.9 Å². The first kappa shape index (κ1) is 12.9. The number of hydrogen-bond donors (Lipinski definition) is 1. The Kier molecular flexibility index (Phi) is 3.97. The van der Waals surface area contributed by atoms with Crippen LogP contribution < -0.4 is 10.2 Å². The molecule has 1 aromatic carbocycles. The van der Waals surface area contributed by atoms with Gasteiger partial charge in [0.25, 0.3) is 0 Å². The molecule has 1 aromatic heterocycles. The van der Waals surface area contributed by atoms with Crippen LogP contribution in [0.4, 0.5) is 0 Å². The molecule has 0 radical (unpaired) electrons. The molecule has 0 fully saturated rings. The van der Waals surface area contributed by atoms with Gasteiger partial charge in [0.15, 0.2) is 5.43 Å². The summed E-state index contributed by atoms with van der Waals surface area (Å²) in [5.41, 5.74) is 0.159. The topological polar surface area (TPSA) is 68.5 Å². The van der Waals surface area contributed by atoms with Crippen LogP contribution in [-0.2, 0) is 6.54 Å². The number of carboxylic acid groups (broad SMARTS) is 1. The number of rotatable bonds is 5. The van der Waals surface area contributed by atoms with E-state index in [1.54, 1.807) is 24.5 Å². The van der Waals surface area contributed by atoms with Crippen molar-refractivity contribution in [3.8, 4) is 5.75 Å². The minimum atomic E-state index is -0.981. The van der Waals surface area contributed by atoms with Crippen molar-refractivity contribution in [2.24, 2.45) is 0 Å². The van der Waals surface area contributed by atoms with Gasteiger partial charge in [0.1, 0.15) is 12.4 Å². The zero-order valence-corrected chi connectivity index (χ0v) is 10.2. The van der Waals surface area contributed by atoms with Crippen molar-refractivity contribution in [1.82, 2.24) is 4.57 Å². The van der Waals surface area contributed by atoms with Gasteiger partial charge in [-0.15, -0.1) is 0 Å². The Hall–Kier alpha value is -2.56. The highest BCUT2D eigenvalue weighted by molar-refractivity contribution is 5.87. The summed E-state index contributed by atoms with van der Waals surface area (Å²) in [6.45, 7) is 0.976. The highest BCUT2D eigenvalue weighted by Crippen LogP contribution is 2.13. The summed E-state index contributed by atoms with van der Waals surface area (Å²) in [7, 11) is 0. The lowest BCUT2D eigenvalue weighted by atomic mass is 10.2. The maximum atomic E-state index is 10.9. The quantitative estimate of drug-likeness (QED) is 0.886. The fourth-order valence-electron chi connectivity index (χ4n) is 1.58. The van der Waals surface area contributed by atoms with Crippen molar-refractivity contribution in [2.75, 3.05) is 6.61 Å². The first-order chi connectivity index (χ1) is 9.15. The van der Waals surface area contributed by atoms with Crippen LogP contribution in [0.2, 0.25) is 0 Å². The van der Waals surface area contributed by atoms with E-state index >= 15 is 0 Å². The zero-order valence-electron chi connectivity index (χ0n) is 10.2. The molecule has 98 valence electrons. The van der Waals surface area contributed by atoms with Crippen molar-refractivity contribution in [3.05, 3.63) is 64.6 Å². The molecule has 0 saturated carbocycles. The molecule has 0 atom stereocenters. The van der Waals surface area contributed by atoms with Gasteiger partial charge in [-0.1, -0.05) is 6.07 Å². The maximum Gasteiger partial charge on any atom is 0.335 e. The van der Waals surface area contributed by atoms with E-state index in [-0.39, 0.29) is 11.0 Å². The molecule has 1 heterocycles. The number of benzene rings is 1. The van der Waals surface area contributed by atoms with E-state index in [1.807, 2.05) is 4.57 Å². The number of aromatic carboxylic acids is 1. The first-order valence-electron chi connectivity index (χ1n) is 5.77. The van der Waals surface area contributed by atoms with Gasteiger partial charge < -0.3 is 14.4 Å². The number of pyridine rings is 1. The summed E-state index contributed by atoms with van der Waals surface area (Å²) in [5.74, 6) is -0.466. The van der Waals surface area contributed by atoms with Crippen molar-refractivity contribution in [2.45, 2.75) is 6.54 Å². The molecule has 0 saturated heterocycles. The Labute approximate surface area is 109 Å². The van der Waals surface area contributed by atoms with Crippen LogP contribution in [0.5, 0.6) is 5.75 Å². The van der Waals surface area contributed by atoms with E-state index < -0.39 is 5.97 Å². The van der Waals surface area contributed by atoms with Crippen molar-refractivity contribution in [3.63, 3.8) is 0 Å². The van der Waals surface area contributed by atoms with E-state index in [4.69, 9.17) is 9.84 Å². The molecule has 5 heteroatoms. The molecule has 0 bridgehead atoms. The highest BCUT2D eigenvalue weighted by Gasteiger charge is 2.03. The fourth-order valence-corrected chi connectivity index (χ4v) is 1.58. The fraction of sp³-hybridized carbons (Fsp3) is 0.143. The zero-order chi connectivity index (χ0) is 13.7. The number of hydrogen-bond acceptors (Lipinski definition) is 3. The Morgan fingerprint density at radius 2 is 1.95 bits per heavy atom.